The first-order valence-electron chi connectivity index (χ1n) is 10.2. The number of aryl methyl sites for hydroxylation is 2. The number of nitrogens with zero attached hydrogens (tertiary/aromatic N) is 1. The second-order valence-electron chi connectivity index (χ2n) is 7.98. The van der Waals surface area contributed by atoms with Crippen LogP contribution in [0.15, 0.2) is 18.2 Å². The maximum Gasteiger partial charge on any atom is 0.312 e. The summed E-state index contributed by atoms with van der Waals surface area (Å²) in [5, 5.41) is 2.78. The van der Waals surface area contributed by atoms with E-state index >= 15 is 0 Å². The van der Waals surface area contributed by atoms with Crippen molar-refractivity contribution in [1.82, 2.24) is 10.2 Å². The number of hydrogen-bond acceptors (Lipinski definition) is 5. The molecule has 1 N–H and O–H groups in total. The van der Waals surface area contributed by atoms with E-state index in [2.05, 4.69) is 17.4 Å². The summed E-state index contributed by atoms with van der Waals surface area (Å²) in [6.45, 7) is 2.29. The molecule has 1 heterocycles. The van der Waals surface area contributed by atoms with Crippen LogP contribution in [0.1, 0.15) is 48.9 Å². The zero-order valence-electron chi connectivity index (χ0n) is 17.1. The van der Waals surface area contributed by atoms with E-state index in [1.54, 1.807) is 0 Å². The van der Waals surface area contributed by atoms with E-state index in [9.17, 15) is 18.0 Å². The first-order valence-corrected chi connectivity index (χ1v) is 12.1. The van der Waals surface area contributed by atoms with Crippen LogP contribution in [-0.4, -0.2) is 62.9 Å². The molecule has 160 valence electrons. The molecule has 3 rings (SSSR count). The Morgan fingerprint density at radius 2 is 1.97 bits per heavy atom. The summed E-state index contributed by atoms with van der Waals surface area (Å²) >= 11 is 0. The standard InChI is InChI=1S/C21H30N2O5S/c1-15(17-8-7-16-5-3-4-6-18(16)13-17)22-20(24)21(25)23(10-11-28-2)19-9-12-29(26,27)14-19/h7-8,13,15,19H,3-6,9-12,14H2,1-2H3,(H,22,24). The van der Waals surface area contributed by atoms with E-state index < -0.39 is 27.7 Å². The highest BCUT2D eigenvalue weighted by atomic mass is 32.2. The molecule has 0 saturated carbocycles. The maximum absolute atomic E-state index is 12.8. The molecule has 7 nitrogen and oxygen atoms in total. The van der Waals surface area contributed by atoms with Crippen LogP contribution in [-0.2, 0) is 37.0 Å². The Balaban J connectivity index is 1.67. The predicted molar refractivity (Wildman–Crippen MR) is 110 cm³/mol. The third kappa shape index (κ3) is 5.36. The largest absolute Gasteiger partial charge is 0.383 e. The molecule has 0 bridgehead atoms. The van der Waals surface area contributed by atoms with E-state index in [0.29, 0.717) is 6.42 Å². The molecule has 1 fully saturated rings. The Kier molecular flexibility index (Phi) is 6.95. The van der Waals surface area contributed by atoms with Crippen LogP contribution < -0.4 is 5.32 Å². The van der Waals surface area contributed by atoms with Crippen LogP contribution in [0, 0.1) is 0 Å². The first-order chi connectivity index (χ1) is 13.8. The van der Waals surface area contributed by atoms with E-state index in [-0.39, 0.29) is 30.7 Å². The summed E-state index contributed by atoms with van der Waals surface area (Å²) in [6.07, 6.45) is 4.87. The average molecular weight is 423 g/mol. The number of amides is 2. The highest BCUT2D eigenvalue weighted by Gasteiger charge is 2.36. The Morgan fingerprint density at radius 1 is 1.24 bits per heavy atom. The summed E-state index contributed by atoms with van der Waals surface area (Å²) in [6, 6.07) is 5.45. The van der Waals surface area contributed by atoms with Crippen LogP contribution >= 0.6 is 0 Å². The van der Waals surface area contributed by atoms with Gasteiger partial charge in [0.2, 0.25) is 0 Å². The normalized spacial score (nSPS) is 21.2. The fraction of sp³-hybridized carbons (Fsp3) is 0.619. The van der Waals surface area contributed by atoms with Gasteiger partial charge in [0.15, 0.2) is 9.84 Å². The smallest absolute Gasteiger partial charge is 0.312 e. The van der Waals surface area contributed by atoms with Gasteiger partial charge in [-0.2, -0.15) is 0 Å². The van der Waals surface area contributed by atoms with E-state index in [1.807, 2.05) is 13.0 Å². The van der Waals surface area contributed by atoms with Gasteiger partial charge in [-0.15, -0.1) is 0 Å². The first kappa shape index (κ1) is 21.8. The maximum atomic E-state index is 12.8. The number of hydrogen-bond donors (Lipinski definition) is 1. The van der Waals surface area contributed by atoms with Crippen molar-refractivity contribution in [2.45, 2.75) is 51.1 Å². The molecule has 1 aromatic rings. The van der Waals surface area contributed by atoms with E-state index in [1.165, 1.54) is 36.0 Å². The van der Waals surface area contributed by atoms with Crippen LogP contribution in [0.2, 0.25) is 0 Å². The molecule has 1 aliphatic heterocycles. The number of benzene rings is 1. The predicted octanol–water partition coefficient (Wildman–Crippen LogP) is 1.40. The van der Waals surface area contributed by atoms with Crippen molar-refractivity contribution in [3.8, 4) is 0 Å². The van der Waals surface area contributed by atoms with Crippen molar-refractivity contribution in [3.63, 3.8) is 0 Å². The molecule has 8 heteroatoms. The quantitative estimate of drug-likeness (QED) is 0.700. The Bertz CT molecular complexity index is 868. The lowest BCUT2D eigenvalue weighted by molar-refractivity contribution is -0.147. The molecule has 2 atom stereocenters. The van der Waals surface area contributed by atoms with Crippen molar-refractivity contribution in [1.29, 1.82) is 0 Å². The number of rotatable bonds is 6. The number of methoxy groups -OCH3 is 1. The molecule has 0 aromatic heterocycles. The highest BCUT2D eigenvalue weighted by Crippen LogP contribution is 2.25. The van der Waals surface area contributed by atoms with Gasteiger partial charge in [0.25, 0.3) is 0 Å². The molecular weight excluding hydrogens is 392 g/mol. The monoisotopic (exact) mass is 422 g/mol. The summed E-state index contributed by atoms with van der Waals surface area (Å²) < 4.78 is 28.7. The number of sulfone groups is 1. The van der Waals surface area contributed by atoms with Gasteiger partial charge >= 0.3 is 11.8 Å². The Morgan fingerprint density at radius 3 is 2.62 bits per heavy atom. The van der Waals surface area contributed by atoms with Crippen LogP contribution in [0.4, 0.5) is 0 Å². The number of carbonyl (C=O) groups is 2. The van der Waals surface area contributed by atoms with Gasteiger partial charge in [-0.1, -0.05) is 18.2 Å². The van der Waals surface area contributed by atoms with Crippen LogP contribution in [0.25, 0.3) is 0 Å². The van der Waals surface area contributed by atoms with Gasteiger partial charge < -0.3 is 15.0 Å². The summed E-state index contributed by atoms with van der Waals surface area (Å²) in [5.41, 5.74) is 3.65. The van der Waals surface area contributed by atoms with Crippen molar-refractivity contribution in [2.75, 3.05) is 31.8 Å². The molecule has 2 aliphatic rings. The minimum atomic E-state index is -3.17. The topological polar surface area (TPSA) is 92.8 Å². The Labute approximate surface area is 172 Å². The molecule has 1 aliphatic carbocycles. The van der Waals surface area contributed by atoms with Gasteiger partial charge in [-0.25, -0.2) is 8.42 Å². The summed E-state index contributed by atoms with van der Waals surface area (Å²) in [4.78, 5) is 26.8. The third-order valence-corrected chi connectivity index (χ3v) is 7.61. The molecule has 1 saturated heterocycles. The van der Waals surface area contributed by atoms with Crippen LogP contribution in [0.5, 0.6) is 0 Å². The van der Waals surface area contributed by atoms with Crippen LogP contribution in [0.3, 0.4) is 0 Å². The molecule has 0 radical (unpaired) electrons. The second kappa shape index (κ2) is 9.26. The molecule has 2 amide bonds. The lowest BCUT2D eigenvalue weighted by Crippen LogP contribution is -2.50. The number of fused-ring (bicyclic) bond motifs is 1. The minimum Gasteiger partial charge on any atom is -0.383 e. The van der Waals surface area contributed by atoms with Gasteiger partial charge in [0.05, 0.1) is 24.2 Å². The second-order valence-corrected chi connectivity index (χ2v) is 10.2. The summed E-state index contributed by atoms with van der Waals surface area (Å²) in [5.74, 6) is -1.47. The van der Waals surface area contributed by atoms with Gasteiger partial charge in [0, 0.05) is 19.7 Å². The molecular formula is C21H30N2O5S. The Hall–Kier alpha value is -1.93. The number of ether oxygens (including phenoxy) is 1. The summed E-state index contributed by atoms with van der Waals surface area (Å²) in [7, 11) is -1.66. The van der Waals surface area contributed by atoms with Crippen molar-refractivity contribution in [3.05, 3.63) is 34.9 Å². The zero-order valence-corrected chi connectivity index (χ0v) is 18.0. The van der Waals surface area contributed by atoms with Crippen molar-refractivity contribution in [2.24, 2.45) is 0 Å². The SMILES string of the molecule is COCCN(C(=O)C(=O)NC(C)c1ccc2c(c1)CCCC2)C1CCS(=O)(=O)C1. The van der Waals surface area contributed by atoms with Gasteiger partial charge in [0.1, 0.15) is 0 Å². The fourth-order valence-corrected chi connectivity index (χ4v) is 5.89. The highest BCUT2D eigenvalue weighted by molar-refractivity contribution is 7.91. The number of carbonyl (C=O) groups excluding carboxylic acids is 2. The van der Waals surface area contributed by atoms with E-state index in [0.717, 1.165) is 18.4 Å². The average Bonchev–Trinajstić information content (AvgIpc) is 3.07. The van der Waals surface area contributed by atoms with Gasteiger partial charge in [-0.05, 0) is 55.7 Å². The minimum absolute atomic E-state index is 0.0432. The molecule has 1 aromatic carbocycles. The molecule has 0 spiro atoms. The zero-order chi connectivity index (χ0) is 21.0. The number of nitrogens with one attached hydrogen (secondary N) is 1. The molecule has 2 unspecified atom stereocenters. The third-order valence-electron chi connectivity index (χ3n) is 5.86. The van der Waals surface area contributed by atoms with E-state index in [4.69, 9.17) is 4.74 Å². The fourth-order valence-electron chi connectivity index (χ4n) is 4.16. The van der Waals surface area contributed by atoms with Crippen molar-refractivity contribution < 1.29 is 22.7 Å². The lowest BCUT2D eigenvalue weighted by atomic mass is 9.89. The van der Waals surface area contributed by atoms with Gasteiger partial charge in [-0.3, -0.25) is 9.59 Å². The molecule has 29 heavy (non-hydrogen) atoms. The van der Waals surface area contributed by atoms with Crippen molar-refractivity contribution >= 4 is 21.7 Å². The lowest BCUT2D eigenvalue weighted by Gasteiger charge is -2.28.